The molecule has 0 bridgehead atoms. The van der Waals surface area contributed by atoms with E-state index in [1.54, 1.807) is 35.7 Å². The first kappa shape index (κ1) is 15.8. The number of halogens is 1. The molecule has 0 atom stereocenters. The zero-order chi connectivity index (χ0) is 17.7. The molecule has 1 aromatic heterocycles. The van der Waals surface area contributed by atoms with Crippen LogP contribution in [0.25, 0.3) is 0 Å². The van der Waals surface area contributed by atoms with Crippen LogP contribution in [0.3, 0.4) is 0 Å². The Labute approximate surface area is 144 Å². The molecule has 7 heteroatoms. The van der Waals surface area contributed by atoms with Crippen molar-refractivity contribution in [3.63, 3.8) is 0 Å². The Hall–Kier alpha value is -2.70. The molecule has 1 fully saturated rings. The van der Waals surface area contributed by atoms with Crippen LogP contribution < -0.4 is 5.32 Å². The van der Waals surface area contributed by atoms with Gasteiger partial charge in [0, 0.05) is 24.2 Å². The molecule has 0 radical (unpaired) electrons. The van der Waals surface area contributed by atoms with Crippen molar-refractivity contribution in [2.24, 2.45) is 7.05 Å². The van der Waals surface area contributed by atoms with E-state index in [-0.39, 0.29) is 17.9 Å². The summed E-state index contributed by atoms with van der Waals surface area (Å²) in [5.74, 6) is -0.826. The Morgan fingerprint density at radius 3 is 2.72 bits per heavy atom. The molecule has 1 aromatic carbocycles. The third-order valence-corrected chi connectivity index (χ3v) is 4.80. The molecular weight excluding hydrogens is 323 g/mol. The van der Waals surface area contributed by atoms with E-state index < -0.39 is 5.82 Å². The quantitative estimate of drug-likeness (QED) is 0.927. The van der Waals surface area contributed by atoms with E-state index in [4.69, 9.17) is 0 Å². The molecule has 25 heavy (non-hydrogen) atoms. The zero-order valence-corrected chi connectivity index (χ0v) is 14.2. The number of nitrogens with zero attached hydrogens (tertiary/aromatic N) is 3. The monoisotopic (exact) mass is 342 g/mol. The maximum atomic E-state index is 13.8. The molecule has 1 aliphatic carbocycles. The van der Waals surface area contributed by atoms with E-state index in [1.165, 1.54) is 6.07 Å². The Morgan fingerprint density at radius 2 is 2.04 bits per heavy atom. The van der Waals surface area contributed by atoms with Crippen LogP contribution in [0.2, 0.25) is 0 Å². The van der Waals surface area contributed by atoms with Crippen molar-refractivity contribution in [2.75, 3.05) is 0 Å². The first-order valence-corrected chi connectivity index (χ1v) is 8.35. The van der Waals surface area contributed by atoms with Gasteiger partial charge in [0.05, 0.1) is 18.8 Å². The summed E-state index contributed by atoms with van der Waals surface area (Å²) in [5.41, 5.74) is 2.83. The van der Waals surface area contributed by atoms with Crippen molar-refractivity contribution >= 4 is 11.8 Å². The van der Waals surface area contributed by atoms with Gasteiger partial charge in [-0.2, -0.15) is 5.10 Å². The van der Waals surface area contributed by atoms with E-state index in [1.807, 2.05) is 0 Å². The molecule has 1 saturated carbocycles. The van der Waals surface area contributed by atoms with Crippen LogP contribution >= 0.6 is 0 Å². The van der Waals surface area contributed by atoms with Crippen molar-refractivity contribution < 1.29 is 14.0 Å². The molecule has 6 nitrogen and oxygen atoms in total. The Morgan fingerprint density at radius 1 is 1.28 bits per heavy atom. The predicted molar refractivity (Wildman–Crippen MR) is 88.4 cm³/mol. The Kier molecular flexibility index (Phi) is 3.59. The number of nitrogens with one attached hydrogen (secondary N) is 1. The first-order valence-electron chi connectivity index (χ1n) is 8.35. The summed E-state index contributed by atoms with van der Waals surface area (Å²) in [6.07, 6.45) is 2.01. The summed E-state index contributed by atoms with van der Waals surface area (Å²) in [5, 5.41) is 7.25. The number of aryl methyl sites for hydroxylation is 2. The molecule has 2 amide bonds. The van der Waals surface area contributed by atoms with Crippen LogP contribution in [0.4, 0.5) is 4.39 Å². The van der Waals surface area contributed by atoms with Gasteiger partial charge in [0.25, 0.3) is 11.8 Å². The lowest BCUT2D eigenvalue weighted by molar-refractivity contribution is 0.0745. The molecule has 2 aromatic rings. The number of carbonyl (C=O) groups excluding carboxylic acids is 2. The molecule has 2 aliphatic rings. The minimum Gasteiger partial charge on any atom is -0.348 e. The fraction of sp³-hybridized carbons (Fsp3) is 0.389. The van der Waals surface area contributed by atoms with Gasteiger partial charge in [0.1, 0.15) is 5.82 Å². The molecular formula is C18H19FN4O2. The fourth-order valence-corrected chi connectivity index (χ4v) is 3.11. The molecule has 2 heterocycles. The van der Waals surface area contributed by atoms with Crippen molar-refractivity contribution in [2.45, 2.75) is 38.9 Å². The largest absolute Gasteiger partial charge is 0.348 e. The first-order chi connectivity index (χ1) is 11.9. The predicted octanol–water partition coefficient (Wildman–Crippen LogP) is 1.92. The van der Waals surface area contributed by atoms with Gasteiger partial charge in [-0.15, -0.1) is 0 Å². The van der Waals surface area contributed by atoms with Gasteiger partial charge in [-0.3, -0.25) is 14.3 Å². The van der Waals surface area contributed by atoms with Crippen molar-refractivity contribution in [1.29, 1.82) is 0 Å². The molecule has 1 N–H and O–H groups in total. The zero-order valence-electron chi connectivity index (χ0n) is 14.2. The van der Waals surface area contributed by atoms with Crippen LogP contribution in [0.1, 0.15) is 50.5 Å². The van der Waals surface area contributed by atoms with Crippen LogP contribution in [0.5, 0.6) is 0 Å². The second-order valence-corrected chi connectivity index (χ2v) is 6.77. The van der Waals surface area contributed by atoms with Crippen LogP contribution in [0.15, 0.2) is 18.2 Å². The summed E-state index contributed by atoms with van der Waals surface area (Å²) in [7, 11) is 1.77. The number of carbonyl (C=O) groups is 2. The van der Waals surface area contributed by atoms with Gasteiger partial charge >= 0.3 is 0 Å². The molecule has 4 rings (SSSR count). The Bertz CT molecular complexity index is 885. The number of hydrogen-bond acceptors (Lipinski definition) is 3. The molecule has 0 spiro atoms. The van der Waals surface area contributed by atoms with E-state index >= 15 is 0 Å². The summed E-state index contributed by atoms with van der Waals surface area (Å²) in [6, 6.07) is 4.74. The van der Waals surface area contributed by atoms with Gasteiger partial charge in [0.15, 0.2) is 5.69 Å². The number of rotatable bonds is 3. The van der Waals surface area contributed by atoms with Crippen LogP contribution in [-0.4, -0.2) is 32.5 Å². The van der Waals surface area contributed by atoms with E-state index in [9.17, 15) is 14.0 Å². The lowest BCUT2D eigenvalue weighted by Gasteiger charge is -2.16. The number of aromatic nitrogens is 2. The molecule has 0 saturated heterocycles. The number of amides is 2. The van der Waals surface area contributed by atoms with Gasteiger partial charge in [0.2, 0.25) is 0 Å². The normalized spacial score (nSPS) is 16.0. The van der Waals surface area contributed by atoms with E-state index in [2.05, 4.69) is 10.4 Å². The molecule has 1 aliphatic heterocycles. The smallest absolute Gasteiger partial charge is 0.272 e. The van der Waals surface area contributed by atoms with Crippen molar-refractivity contribution in [3.05, 3.63) is 52.1 Å². The van der Waals surface area contributed by atoms with Gasteiger partial charge in [-0.05, 0) is 37.5 Å². The highest BCUT2D eigenvalue weighted by molar-refractivity contribution is 5.97. The van der Waals surface area contributed by atoms with Crippen LogP contribution in [-0.2, 0) is 20.1 Å². The highest BCUT2D eigenvalue weighted by atomic mass is 19.1. The lowest BCUT2D eigenvalue weighted by Crippen LogP contribution is -2.29. The minimum atomic E-state index is -0.395. The minimum absolute atomic E-state index is 0.185. The number of fused-ring (bicyclic) bond motifs is 1. The SMILES string of the molecule is Cc1ccc(C(=O)N2Cc3c(C(=O)NC4CC4)nn(C)c3C2)cc1F. The lowest BCUT2D eigenvalue weighted by atomic mass is 10.1. The molecule has 0 unspecified atom stereocenters. The van der Waals surface area contributed by atoms with Crippen molar-refractivity contribution in [1.82, 2.24) is 20.0 Å². The fourth-order valence-electron chi connectivity index (χ4n) is 3.11. The molecule has 130 valence electrons. The highest BCUT2D eigenvalue weighted by Gasteiger charge is 2.34. The number of hydrogen-bond donors (Lipinski definition) is 1. The second kappa shape index (κ2) is 5.68. The van der Waals surface area contributed by atoms with E-state index in [0.717, 1.165) is 24.1 Å². The van der Waals surface area contributed by atoms with Gasteiger partial charge < -0.3 is 10.2 Å². The highest BCUT2D eigenvalue weighted by Crippen LogP contribution is 2.28. The summed E-state index contributed by atoms with van der Waals surface area (Å²) in [4.78, 5) is 26.7. The van der Waals surface area contributed by atoms with E-state index in [0.29, 0.717) is 29.9 Å². The third-order valence-electron chi connectivity index (χ3n) is 4.80. The summed E-state index contributed by atoms with van der Waals surface area (Å²) in [6.45, 7) is 2.33. The number of benzene rings is 1. The maximum Gasteiger partial charge on any atom is 0.272 e. The standard InChI is InChI=1S/C18H19FN4O2/c1-10-3-4-11(7-14(10)19)18(25)23-8-13-15(9-23)22(2)21-16(13)17(24)20-12-5-6-12/h3-4,7,12H,5-6,8-9H2,1-2H3,(H,20,24). The Balaban J connectivity index is 1.57. The summed E-state index contributed by atoms with van der Waals surface area (Å²) < 4.78 is 15.4. The summed E-state index contributed by atoms with van der Waals surface area (Å²) >= 11 is 0. The van der Waals surface area contributed by atoms with Crippen LogP contribution in [0, 0.1) is 12.7 Å². The maximum absolute atomic E-state index is 13.8. The van der Waals surface area contributed by atoms with Gasteiger partial charge in [-0.25, -0.2) is 4.39 Å². The topological polar surface area (TPSA) is 67.2 Å². The average molecular weight is 342 g/mol. The van der Waals surface area contributed by atoms with Gasteiger partial charge in [-0.1, -0.05) is 6.07 Å². The van der Waals surface area contributed by atoms with Crippen molar-refractivity contribution in [3.8, 4) is 0 Å². The second-order valence-electron chi connectivity index (χ2n) is 6.77. The average Bonchev–Trinajstić information content (AvgIpc) is 3.19. The third kappa shape index (κ3) is 2.79.